The van der Waals surface area contributed by atoms with Gasteiger partial charge in [0.2, 0.25) is 0 Å². The molecule has 4 aromatic rings. The summed E-state index contributed by atoms with van der Waals surface area (Å²) >= 11 is 0. The van der Waals surface area contributed by atoms with Crippen LogP contribution in [0.15, 0.2) is 59.0 Å². The van der Waals surface area contributed by atoms with Crippen LogP contribution in [-0.2, 0) is 4.74 Å². The van der Waals surface area contributed by atoms with Gasteiger partial charge in [0.15, 0.2) is 0 Å². The van der Waals surface area contributed by atoms with Gasteiger partial charge in [-0.25, -0.2) is 4.79 Å². The Hall–Kier alpha value is -4.44. The predicted molar refractivity (Wildman–Crippen MR) is 123 cm³/mol. The van der Waals surface area contributed by atoms with E-state index in [0.717, 1.165) is 11.1 Å². The van der Waals surface area contributed by atoms with E-state index >= 15 is 0 Å². The fourth-order valence-corrected chi connectivity index (χ4v) is 3.72. The standard InChI is InChI=1S/C26H21NO6/c1-29-18-9-17(10-19(11-18)30-2)23-24-21(26(28)32-4)12-20(31-3)13-22(24)33-25(23)16-7-5-15(14-27)6-8-16/h5-13H,1-4H3. The number of nitriles is 1. The molecule has 0 aliphatic rings. The lowest BCUT2D eigenvalue weighted by atomic mass is 9.95. The maximum Gasteiger partial charge on any atom is 0.338 e. The molecule has 0 unspecified atom stereocenters. The average Bonchev–Trinajstić information content (AvgIpc) is 3.26. The van der Waals surface area contributed by atoms with Crippen molar-refractivity contribution in [3.05, 3.63) is 65.7 Å². The Balaban J connectivity index is 2.13. The second-order valence-electron chi connectivity index (χ2n) is 7.14. The molecular formula is C26H21NO6. The molecular weight excluding hydrogens is 422 g/mol. The van der Waals surface area contributed by atoms with Gasteiger partial charge in [-0.1, -0.05) is 0 Å². The normalized spacial score (nSPS) is 10.5. The van der Waals surface area contributed by atoms with E-state index in [0.29, 0.717) is 50.7 Å². The zero-order chi connectivity index (χ0) is 23.5. The van der Waals surface area contributed by atoms with Gasteiger partial charge in [0.05, 0.1) is 45.6 Å². The molecule has 4 rings (SSSR count). The molecule has 1 heterocycles. The molecule has 7 heteroatoms. The Morgan fingerprint density at radius 3 is 1.97 bits per heavy atom. The van der Waals surface area contributed by atoms with Crippen LogP contribution in [0.25, 0.3) is 33.4 Å². The van der Waals surface area contributed by atoms with Crippen LogP contribution in [0.1, 0.15) is 15.9 Å². The number of rotatable bonds is 6. The summed E-state index contributed by atoms with van der Waals surface area (Å²) in [6, 6.07) is 17.9. The number of fused-ring (bicyclic) bond motifs is 1. The Labute approximate surface area is 190 Å². The molecule has 0 aliphatic carbocycles. The highest BCUT2D eigenvalue weighted by atomic mass is 16.5. The molecule has 0 fully saturated rings. The molecule has 0 aliphatic heterocycles. The number of methoxy groups -OCH3 is 4. The molecule has 0 atom stereocenters. The predicted octanol–water partition coefficient (Wildman–Crippen LogP) is 5.45. The Kier molecular flexibility index (Phi) is 5.92. The first kappa shape index (κ1) is 21.8. The fourth-order valence-electron chi connectivity index (χ4n) is 3.72. The van der Waals surface area contributed by atoms with Crippen molar-refractivity contribution in [2.24, 2.45) is 0 Å². The second kappa shape index (κ2) is 8.97. The summed E-state index contributed by atoms with van der Waals surface area (Å²) in [4.78, 5) is 12.7. The van der Waals surface area contributed by atoms with Gasteiger partial charge in [-0.15, -0.1) is 0 Å². The van der Waals surface area contributed by atoms with Crippen LogP contribution in [0, 0.1) is 11.3 Å². The summed E-state index contributed by atoms with van der Waals surface area (Å²) in [6.45, 7) is 0. The minimum Gasteiger partial charge on any atom is -0.497 e. The highest BCUT2D eigenvalue weighted by molar-refractivity contribution is 6.13. The van der Waals surface area contributed by atoms with Gasteiger partial charge in [0, 0.05) is 28.6 Å². The Morgan fingerprint density at radius 2 is 1.42 bits per heavy atom. The minimum absolute atomic E-state index is 0.298. The summed E-state index contributed by atoms with van der Waals surface area (Å²) in [6.07, 6.45) is 0. The highest BCUT2D eigenvalue weighted by Crippen LogP contribution is 2.45. The van der Waals surface area contributed by atoms with Crippen molar-refractivity contribution in [1.82, 2.24) is 0 Å². The van der Waals surface area contributed by atoms with E-state index in [4.69, 9.17) is 23.4 Å². The smallest absolute Gasteiger partial charge is 0.338 e. The lowest BCUT2D eigenvalue weighted by Crippen LogP contribution is -2.03. The SMILES string of the molecule is COC(=O)c1cc(OC)cc2oc(-c3ccc(C#N)cc3)c(-c3cc(OC)cc(OC)c3)c12. The lowest BCUT2D eigenvalue weighted by Gasteiger charge is -2.11. The molecule has 0 saturated carbocycles. The zero-order valence-electron chi connectivity index (χ0n) is 18.6. The molecule has 33 heavy (non-hydrogen) atoms. The third-order valence-corrected chi connectivity index (χ3v) is 5.32. The summed E-state index contributed by atoms with van der Waals surface area (Å²) in [5.74, 6) is 1.61. The maximum absolute atomic E-state index is 12.7. The van der Waals surface area contributed by atoms with E-state index in [-0.39, 0.29) is 0 Å². The van der Waals surface area contributed by atoms with Crippen molar-refractivity contribution in [2.75, 3.05) is 28.4 Å². The number of hydrogen-bond donors (Lipinski definition) is 0. The van der Waals surface area contributed by atoms with Crippen LogP contribution in [0.2, 0.25) is 0 Å². The topological polar surface area (TPSA) is 90.9 Å². The van der Waals surface area contributed by atoms with E-state index in [1.807, 2.05) is 12.1 Å². The highest BCUT2D eigenvalue weighted by Gasteiger charge is 2.25. The quantitative estimate of drug-likeness (QED) is 0.366. The van der Waals surface area contributed by atoms with Crippen molar-refractivity contribution in [3.8, 4) is 45.8 Å². The summed E-state index contributed by atoms with van der Waals surface area (Å²) in [5.41, 5.74) is 3.39. The molecule has 0 saturated heterocycles. The molecule has 0 radical (unpaired) electrons. The lowest BCUT2D eigenvalue weighted by molar-refractivity contribution is 0.0602. The summed E-state index contributed by atoms with van der Waals surface area (Å²) < 4.78 is 27.6. The third-order valence-electron chi connectivity index (χ3n) is 5.32. The first-order valence-corrected chi connectivity index (χ1v) is 9.99. The molecule has 0 amide bonds. The van der Waals surface area contributed by atoms with Crippen molar-refractivity contribution in [2.45, 2.75) is 0 Å². The van der Waals surface area contributed by atoms with Gasteiger partial charge in [-0.2, -0.15) is 5.26 Å². The minimum atomic E-state index is -0.526. The Bertz CT molecular complexity index is 1360. The van der Waals surface area contributed by atoms with Crippen molar-refractivity contribution >= 4 is 16.9 Å². The number of esters is 1. The van der Waals surface area contributed by atoms with Gasteiger partial charge in [0.1, 0.15) is 28.6 Å². The van der Waals surface area contributed by atoms with Gasteiger partial charge >= 0.3 is 5.97 Å². The van der Waals surface area contributed by atoms with Crippen LogP contribution >= 0.6 is 0 Å². The number of carbonyl (C=O) groups excluding carboxylic acids is 1. The summed E-state index contributed by atoms with van der Waals surface area (Å²) in [7, 11) is 5.97. The number of carbonyl (C=O) groups is 1. The van der Waals surface area contributed by atoms with E-state index in [1.165, 1.54) is 14.2 Å². The zero-order valence-corrected chi connectivity index (χ0v) is 18.6. The molecule has 0 spiro atoms. The number of benzene rings is 3. The monoisotopic (exact) mass is 443 g/mol. The molecule has 3 aromatic carbocycles. The number of nitrogens with zero attached hydrogens (tertiary/aromatic N) is 1. The van der Waals surface area contributed by atoms with Crippen molar-refractivity contribution in [1.29, 1.82) is 5.26 Å². The molecule has 7 nitrogen and oxygen atoms in total. The van der Waals surface area contributed by atoms with Crippen molar-refractivity contribution < 1.29 is 28.2 Å². The average molecular weight is 443 g/mol. The number of ether oxygens (including phenoxy) is 4. The van der Waals surface area contributed by atoms with Crippen LogP contribution < -0.4 is 14.2 Å². The maximum atomic E-state index is 12.7. The first-order chi connectivity index (χ1) is 16.0. The largest absolute Gasteiger partial charge is 0.497 e. The van der Waals surface area contributed by atoms with Gasteiger partial charge in [-0.05, 0) is 48.0 Å². The van der Waals surface area contributed by atoms with E-state index in [1.54, 1.807) is 56.7 Å². The van der Waals surface area contributed by atoms with Crippen molar-refractivity contribution in [3.63, 3.8) is 0 Å². The van der Waals surface area contributed by atoms with Gasteiger partial charge in [0.25, 0.3) is 0 Å². The van der Waals surface area contributed by atoms with Crippen LogP contribution in [0.4, 0.5) is 0 Å². The molecule has 166 valence electrons. The third kappa shape index (κ3) is 3.94. The van der Waals surface area contributed by atoms with E-state index in [9.17, 15) is 10.1 Å². The molecule has 0 N–H and O–H groups in total. The van der Waals surface area contributed by atoms with Gasteiger partial charge in [-0.3, -0.25) is 0 Å². The number of hydrogen-bond acceptors (Lipinski definition) is 7. The summed E-state index contributed by atoms with van der Waals surface area (Å²) in [5, 5.41) is 9.74. The Morgan fingerprint density at radius 1 is 0.818 bits per heavy atom. The molecule has 0 bridgehead atoms. The van der Waals surface area contributed by atoms with Crippen LogP contribution in [0.3, 0.4) is 0 Å². The van der Waals surface area contributed by atoms with E-state index < -0.39 is 5.97 Å². The van der Waals surface area contributed by atoms with E-state index in [2.05, 4.69) is 6.07 Å². The van der Waals surface area contributed by atoms with Gasteiger partial charge < -0.3 is 23.4 Å². The van der Waals surface area contributed by atoms with Crippen LogP contribution in [0.5, 0.6) is 17.2 Å². The number of furan rings is 1. The fraction of sp³-hybridized carbons (Fsp3) is 0.154. The second-order valence-corrected chi connectivity index (χ2v) is 7.14. The van der Waals surface area contributed by atoms with Crippen LogP contribution in [-0.4, -0.2) is 34.4 Å². The molecule has 1 aromatic heterocycles. The first-order valence-electron chi connectivity index (χ1n) is 9.99.